The van der Waals surface area contributed by atoms with E-state index >= 15 is 0 Å². The monoisotopic (exact) mass is 386 g/mol. The van der Waals surface area contributed by atoms with Gasteiger partial charge in [-0.25, -0.2) is 4.98 Å². The number of aromatic hydroxyl groups is 1. The highest BCUT2D eigenvalue weighted by Gasteiger charge is 2.33. The van der Waals surface area contributed by atoms with Crippen molar-refractivity contribution >= 4 is 22.3 Å². The Bertz CT molecular complexity index is 916. The van der Waals surface area contributed by atoms with Crippen molar-refractivity contribution in [3.05, 3.63) is 47.1 Å². The number of esters is 1. The number of thiazole rings is 1. The van der Waals surface area contributed by atoms with Gasteiger partial charge < -0.3 is 9.84 Å². The van der Waals surface area contributed by atoms with E-state index in [0.717, 1.165) is 36.4 Å². The van der Waals surface area contributed by atoms with Gasteiger partial charge in [-0.05, 0) is 38.4 Å². The van der Waals surface area contributed by atoms with Crippen LogP contribution in [0, 0.1) is 5.92 Å². The van der Waals surface area contributed by atoms with Gasteiger partial charge in [-0.1, -0.05) is 41.7 Å². The minimum Gasteiger partial charge on any atom is -0.492 e. The van der Waals surface area contributed by atoms with Crippen molar-refractivity contribution in [2.24, 2.45) is 5.92 Å². The summed E-state index contributed by atoms with van der Waals surface area (Å²) in [5.74, 6) is -0.0162. The Morgan fingerprint density at radius 3 is 2.74 bits per heavy atom. The molecule has 27 heavy (non-hydrogen) atoms. The smallest absolute Gasteiger partial charge is 0.309 e. The van der Waals surface area contributed by atoms with Crippen molar-refractivity contribution in [2.75, 3.05) is 19.7 Å². The molecule has 1 fully saturated rings. The summed E-state index contributed by atoms with van der Waals surface area (Å²) in [6.45, 7) is 3.77. The van der Waals surface area contributed by atoms with Crippen LogP contribution >= 0.6 is 11.3 Å². The first-order chi connectivity index (χ1) is 13.2. The van der Waals surface area contributed by atoms with Crippen molar-refractivity contribution < 1.29 is 14.6 Å². The second-order valence-electron chi connectivity index (χ2n) is 6.62. The first-order valence-electron chi connectivity index (χ1n) is 9.16. The van der Waals surface area contributed by atoms with Gasteiger partial charge in [0.15, 0.2) is 0 Å². The maximum Gasteiger partial charge on any atom is 0.309 e. The summed E-state index contributed by atoms with van der Waals surface area (Å²) in [5.41, 5.74) is 1.10. The average Bonchev–Trinajstić information content (AvgIpc) is 3.27. The maximum atomic E-state index is 12.1. The van der Waals surface area contributed by atoms with Gasteiger partial charge in [0.1, 0.15) is 6.33 Å². The molecule has 1 aliphatic heterocycles. The van der Waals surface area contributed by atoms with Gasteiger partial charge in [0.05, 0.1) is 23.4 Å². The quantitative estimate of drug-likeness (QED) is 0.679. The molecule has 1 N–H and O–H groups in total. The molecule has 1 aromatic carbocycles. The van der Waals surface area contributed by atoms with E-state index in [1.54, 1.807) is 0 Å². The second kappa shape index (κ2) is 7.66. The lowest BCUT2D eigenvalue weighted by molar-refractivity contribution is -0.149. The number of hydrogen-bond donors (Lipinski definition) is 1. The van der Waals surface area contributed by atoms with Gasteiger partial charge in [-0.3, -0.25) is 9.69 Å². The Kier molecular flexibility index (Phi) is 5.09. The van der Waals surface area contributed by atoms with E-state index < -0.39 is 0 Å². The molecule has 1 aliphatic rings. The lowest BCUT2D eigenvalue weighted by Gasteiger charge is -2.36. The third-order valence-corrected chi connectivity index (χ3v) is 6.10. The molecule has 4 rings (SSSR count). The lowest BCUT2D eigenvalue weighted by atomic mass is 9.94. The number of aromatic nitrogens is 3. The topological polar surface area (TPSA) is 80.0 Å². The molecule has 1 unspecified atom stereocenters. The molecule has 3 aromatic rings. The molecule has 8 heteroatoms. The van der Waals surface area contributed by atoms with Crippen LogP contribution in [0.5, 0.6) is 5.88 Å². The number of likely N-dealkylation sites (tertiary alicyclic amines) is 1. The maximum absolute atomic E-state index is 12.1. The summed E-state index contributed by atoms with van der Waals surface area (Å²) in [5, 5.41) is 14.8. The Hall–Kier alpha value is -2.45. The van der Waals surface area contributed by atoms with Crippen LogP contribution in [0.2, 0.25) is 0 Å². The SMILES string of the molecule is CCOC(=O)C1CCN(C(c2ccccc2)c2sc3ncnn3c2O)CC1. The molecule has 3 heterocycles. The van der Waals surface area contributed by atoms with Crippen molar-refractivity contribution in [3.8, 4) is 5.88 Å². The van der Waals surface area contributed by atoms with Crippen LogP contribution in [0.25, 0.3) is 4.96 Å². The molecule has 0 radical (unpaired) electrons. The van der Waals surface area contributed by atoms with Gasteiger partial charge in [-0.2, -0.15) is 9.61 Å². The Balaban J connectivity index is 1.63. The number of piperidine rings is 1. The molecule has 0 saturated carbocycles. The molecular formula is C19H22N4O3S. The van der Waals surface area contributed by atoms with Crippen LogP contribution in [0.1, 0.15) is 36.2 Å². The van der Waals surface area contributed by atoms with Crippen LogP contribution < -0.4 is 0 Å². The van der Waals surface area contributed by atoms with Crippen LogP contribution in [0.15, 0.2) is 36.7 Å². The largest absolute Gasteiger partial charge is 0.492 e. The number of ether oxygens (including phenoxy) is 1. The summed E-state index contributed by atoms with van der Waals surface area (Å²) >= 11 is 1.45. The van der Waals surface area contributed by atoms with E-state index in [9.17, 15) is 9.90 Å². The van der Waals surface area contributed by atoms with Crippen molar-refractivity contribution in [1.29, 1.82) is 0 Å². The minimum atomic E-state index is -0.102. The number of nitrogens with zero attached hydrogens (tertiary/aromatic N) is 4. The predicted molar refractivity (Wildman–Crippen MR) is 102 cm³/mol. The van der Waals surface area contributed by atoms with Crippen LogP contribution in [-0.2, 0) is 9.53 Å². The standard InChI is InChI=1S/C19H22N4O3S/c1-2-26-18(25)14-8-10-22(11-9-14)15(13-6-4-3-5-7-13)16-17(24)23-19(27-16)20-12-21-23/h3-7,12,14-15,24H,2,8-11H2,1H3. The third-order valence-electron chi connectivity index (χ3n) is 5.02. The van der Waals surface area contributed by atoms with Crippen molar-refractivity contribution in [3.63, 3.8) is 0 Å². The molecule has 2 aromatic heterocycles. The van der Waals surface area contributed by atoms with Crippen LogP contribution in [0.3, 0.4) is 0 Å². The van der Waals surface area contributed by atoms with Crippen molar-refractivity contribution in [2.45, 2.75) is 25.8 Å². The number of carbonyl (C=O) groups excluding carboxylic acids is 1. The second-order valence-corrected chi connectivity index (χ2v) is 7.63. The van der Waals surface area contributed by atoms with Gasteiger partial charge >= 0.3 is 5.97 Å². The zero-order valence-electron chi connectivity index (χ0n) is 15.1. The molecular weight excluding hydrogens is 364 g/mol. The summed E-state index contributed by atoms with van der Waals surface area (Å²) in [6.07, 6.45) is 2.95. The summed E-state index contributed by atoms with van der Waals surface area (Å²) in [7, 11) is 0. The number of rotatable bonds is 5. The van der Waals surface area contributed by atoms with E-state index in [-0.39, 0.29) is 23.8 Å². The van der Waals surface area contributed by atoms with Gasteiger partial charge in [0, 0.05) is 0 Å². The number of benzene rings is 1. The molecule has 1 atom stereocenters. The summed E-state index contributed by atoms with van der Waals surface area (Å²) < 4.78 is 6.65. The third kappa shape index (κ3) is 3.42. The van der Waals surface area contributed by atoms with Crippen molar-refractivity contribution in [1.82, 2.24) is 19.5 Å². The zero-order valence-corrected chi connectivity index (χ0v) is 15.9. The highest BCUT2D eigenvalue weighted by atomic mass is 32.1. The zero-order chi connectivity index (χ0) is 18.8. The molecule has 0 amide bonds. The van der Waals surface area contributed by atoms with E-state index in [1.807, 2.05) is 25.1 Å². The van der Waals surface area contributed by atoms with E-state index in [1.165, 1.54) is 22.2 Å². The fourth-order valence-electron chi connectivity index (χ4n) is 3.69. The van der Waals surface area contributed by atoms with E-state index in [0.29, 0.717) is 11.6 Å². The number of fused-ring (bicyclic) bond motifs is 1. The van der Waals surface area contributed by atoms with E-state index in [4.69, 9.17) is 4.74 Å². The fourth-order valence-corrected chi connectivity index (χ4v) is 4.78. The molecule has 142 valence electrons. The number of hydrogen-bond acceptors (Lipinski definition) is 7. The molecule has 1 saturated heterocycles. The fraction of sp³-hybridized carbons (Fsp3) is 0.421. The molecule has 0 bridgehead atoms. The Labute approximate surface area is 161 Å². The average molecular weight is 386 g/mol. The van der Waals surface area contributed by atoms with Gasteiger partial charge in [0.25, 0.3) is 0 Å². The highest BCUT2D eigenvalue weighted by Crippen LogP contribution is 2.41. The first kappa shape index (κ1) is 17.9. The molecule has 0 spiro atoms. The van der Waals surface area contributed by atoms with Crippen LogP contribution in [0.4, 0.5) is 0 Å². The lowest BCUT2D eigenvalue weighted by Crippen LogP contribution is -2.39. The molecule has 0 aliphatic carbocycles. The van der Waals surface area contributed by atoms with Gasteiger partial charge in [-0.15, -0.1) is 0 Å². The van der Waals surface area contributed by atoms with E-state index in [2.05, 4.69) is 27.1 Å². The van der Waals surface area contributed by atoms with Crippen LogP contribution in [-0.4, -0.2) is 50.3 Å². The van der Waals surface area contributed by atoms with Gasteiger partial charge in [0.2, 0.25) is 10.8 Å². The first-order valence-corrected chi connectivity index (χ1v) is 9.97. The summed E-state index contributed by atoms with van der Waals surface area (Å²) in [4.78, 5) is 20.1. The predicted octanol–water partition coefficient (Wildman–Crippen LogP) is 2.86. The minimum absolute atomic E-state index is 0.0477. The Morgan fingerprint density at radius 2 is 2.07 bits per heavy atom. The molecule has 7 nitrogen and oxygen atoms in total. The highest BCUT2D eigenvalue weighted by molar-refractivity contribution is 7.17. The normalized spacial score (nSPS) is 17.2. The Morgan fingerprint density at radius 1 is 1.33 bits per heavy atom. The number of carbonyl (C=O) groups is 1. The summed E-state index contributed by atoms with van der Waals surface area (Å²) in [6, 6.07) is 10.0.